The van der Waals surface area contributed by atoms with Crippen molar-refractivity contribution in [3.63, 3.8) is 0 Å². The predicted molar refractivity (Wildman–Crippen MR) is 108 cm³/mol. The second kappa shape index (κ2) is 8.42. The summed E-state index contributed by atoms with van der Waals surface area (Å²) in [5.74, 6) is -0.310. The highest BCUT2D eigenvalue weighted by Gasteiger charge is 2.32. The number of hydrogen-bond acceptors (Lipinski definition) is 4. The van der Waals surface area contributed by atoms with E-state index in [1.54, 1.807) is 18.2 Å². The van der Waals surface area contributed by atoms with Crippen LogP contribution < -0.4 is 10.1 Å². The number of nitrogens with one attached hydrogen (secondary N) is 1. The lowest BCUT2D eigenvalue weighted by Gasteiger charge is -2.27. The fourth-order valence-electron chi connectivity index (χ4n) is 2.59. The third-order valence-corrected chi connectivity index (χ3v) is 4.24. The number of hydrogen-bond donors (Lipinski definition) is 1. The molecular formula is C21H18N2O3S. The fourth-order valence-corrected chi connectivity index (χ4v) is 2.84. The van der Waals surface area contributed by atoms with Crippen LogP contribution in [0.4, 0.5) is 0 Å². The Morgan fingerprint density at radius 3 is 2.63 bits per heavy atom. The van der Waals surface area contributed by atoms with Gasteiger partial charge < -0.3 is 4.74 Å². The summed E-state index contributed by atoms with van der Waals surface area (Å²) in [6.45, 7) is 4.27. The fraction of sp³-hybridized carbons (Fsp3) is 0.0952. The maximum absolute atomic E-state index is 12.6. The quantitative estimate of drug-likeness (QED) is 0.363. The van der Waals surface area contributed by atoms with Gasteiger partial charge in [0.2, 0.25) is 0 Å². The number of benzene rings is 2. The van der Waals surface area contributed by atoms with Crippen molar-refractivity contribution in [2.24, 2.45) is 0 Å². The van der Waals surface area contributed by atoms with Crippen molar-refractivity contribution in [1.29, 1.82) is 0 Å². The average Bonchev–Trinajstić information content (AvgIpc) is 2.68. The minimum absolute atomic E-state index is 0.0191. The van der Waals surface area contributed by atoms with Gasteiger partial charge in [0.15, 0.2) is 5.11 Å². The van der Waals surface area contributed by atoms with Crippen LogP contribution in [-0.2, 0) is 16.2 Å². The summed E-state index contributed by atoms with van der Waals surface area (Å²) in [5.41, 5.74) is 1.76. The Morgan fingerprint density at radius 2 is 1.89 bits per heavy atom. The van der Waals surface area contributed by atoms with Gasteiger partial charge in [0.05, 0.1) is 0 Å². The molecule has 1 aliphatic rings. The summed E-state index contributed by atoms with van der Waals surface area (Å²) in [6.07, 6.45) is 3.09. The zero-order valence-corrected chi connectivity index (χ0v) is 15.4. The molecule has 1 N–H and O–H groups in total. The normalized spacial score (nSPS) is 15.6. The molecular weight excluding hydrogens is 360 g/mol. The second-order valence-electron chi connectivity index (χ2n) is 5.87. The largest absolute Gasteiger partial charge is 0.489 e. The third kappa shape index (κ3) is 4.48. The number of carbonyl (C=O) groups excluding carboxylic acids is 2. The van der Waals surface area contributed by atoms with E-state index in [1.165, 1.54) is 11.0 Å². The van der Waals surface area contributed by atoms with Gasteiger partial charge in [0.25, 0.3) is 11.8 Å². The van der Waals surface area contributed by atoms with Gasteiger partial charge in [-0.05, 0) is 41.6 Å². The van der Waals surface area contributed by atoms with Crippen LogP contribution in [0.25, 0.3) is 6.08 Å². The molecule has 0 unspecified atom stereocenters. The van der Waals surface area contributed by atoms with Crippen molar-refractivity contribution >= 4 is 35.2 Å². The lowest BCUT2D eigenvalue weighted by Crippen LogP contribution is -2.53. The highest BCUT2D eigenvalue weighted by Crippen LogP contribution is 2.19. The van der Waals surface area contributed by atoms with Gasteiger partial charge in [-0.15, -0.1) is 6.58 Å². The van der Waals surface area contributed by atoms with Crippen molar-refractivity contribution in [3.8, 4) is 5.75 Å². The molecule has 2 aromatic carbocycles. The van der Waals surface area contributed by atoms with Gasteiger partial charge >= 0.3 is 0 Å². The molecule has 0 saturated carbocycles. The molecule has 1 saturated heterocycles. The first kappa shape index (κ1) is 18.5. The maximum Gasteiger partial charge on any atom is 0.265 e. The molecule has 0 spiro atoms. The van der Waals surface area contributed by atoms with Gasteiger partial charge in [0, 0.05) is 6.54 Å². The van der Waals surface area contributed by atoms with Crippen molar-refractivity contribution < 1.29 is 14.3 Å². The lowest BCUT2D eigenvalue weighted by molar-refractivity contribution is -0.128. The van der Waals surface area contributed by atoms with Gasteiger partial charge in [-0.2, -0.15) is 0 Å². The minimum atomic E-state index is -0.513. The van der Waals surface area contributed by atoms with Crippen LogP contribution in [0.5, 0.6) is 5.75 Å². The minimum Gasteiger partial charge on any atom is -0.489 e. The zero-order valence-electron chi connectivity index (χ0n) is 14.6. The molecule has 0 aromatic heterocycles. The first-order valence-corrected chi connectivity index (χ1v) is 8.76. The summed E-state index contributed by atoms with van der Waals surface area (Å²) in [5, 5.41) is 2.61. The van der Waals surface area contributed by atoms with Crippen LogP contribution in [0.3, 0.4) is 0 Å². The predicted octanol–water partition coefficient (Wildman–Crippen LogP) is 3.08. The van der Waals surface area contributed by atoms with Gasteiger partial charge in [0.1, 0.15) is 17.9 Å². The van der Waals surface area contributed by atoms with Crippen LogP contribution in [0.15, 0.2) is 72.8 Å². The Balaban J connectivity index is 1.79. The molecule has 0 atom stereocenters. The van der Waals surface area contributed by atoms with E-state index in [0.29, 0.717) is 17.9 Å². The number of ether oxygens (including phenoxy) is 1. The van der Waals surface area contributed by atoms with E-state index < -0.39 is 11.8 Å². The number of rotatable bonds is 6. The molecule has 0 radical (unpaired) electrons. The molecule has 2 aromatic rings. The van der Waals surface area contributed by atoms with Crippen molar-refractivity contribution in [2.45, 2.75) is 6.61 Å². The molecule has 1 heterocycles. The molecule has 0 bridgehead atoms. The Morgan fingerprint density at radius 1 is 1.11 bits per heavy atom. The van der Waals surface area contributed by atoms with Crippen molar-refractivity contribution in [1.82, 2.24) is 10.2 Å². The summed E-state index contributed by atoms with van der Waals surface area (Å²) in [6, 6.07) is 17.0. The van der Waals surface area contributed by atoms with E-state index in [0.717, 1.165) is 5.56 Å². The van der Waals surface area contributed by atoms with E-state index in [9.17, 15) is 9.59 Å². The van der Waals surface area contributed by atoms with Crippen LogP contribution in [0.2, 0.25) is 0 Å². The number of carbonyl (C=O) groups is 2. The molecule has 2 amide bonds. The maximum atomic E-state index is 12.6. The summed E-state index contributed by atoms with van der Waals surface area (Å²) < 4.78 is 5.79. The van der Waals surface area contributed by atoms with Gasteiger partial charge in [-0.1, -0.05) is 48.5 Å². The number of nitrogens with zero attached hydrogens (tertiary/aromatic N) is 1. The van der Waals surface area contributed by atoms with Crippen molar-refractivity contribution in [3.05, 3.63) is 84.0 Å². The van der Waals surface area contributed by atoms with Crippen LogP contribution in [0, 0.1) is 0 Å². The highest BCUT2D eigenvalue weighted by atomic mass is 32.1. The van der Waals surface area contributed by atoms with Crippen LogP contribution in [0.1, 0.15) is 11.1 Å². The van der Waals surface area contributed by atoms with Crippen LogP contribution in [-0.4, -0.2) is 28.4 Å². The van der Waals surface area contributed by atoms with E-state index in [1.807, 2.05) is 42.5 Å². The Hall–Kier alpha value is -3.25. The molecule has 6 heteroatoms. The third-order valence-electron chi connectivity index (χ3n) is 3.91. The number of amides is 2. The topological polar surface area (TPSA) is 58.6 Å². The Bertz CT molecular complexity index is 922. The van der Waals surface area contributed by atoms with Crippen molar-refractivity contribution in [2.75, 3.05) is 6.54 Å². The lowest BCUT2D eigenvalue weighted by atomic mass is 10.1. The molecule has 5 nitrogen and oxygen atoms in total. The molecule has 27 heavy (non-hydrogen) atoms. The summed E-state index contributed by atoms with van der Waals surface area (Å²) >= 11 is 5.04. The van der Waals surface area contributed by atoms with Gasteiger partial charge in [-0.3, -0.25) is 19.8 Å². The van der Waals surface area contributed by atoms with E-state index in [-0.39, 0.29) is 17.2 Å². The van der Waals surface area contributed by atoms with Gasteiger partial charge in [-0.25, -0.2) is 0 Å². The summed E-state index contributed by atoms with van der Waals surface area (Å²) in [4.78, 5) is 26.1. The molecule has 3 rings (SSSR count). The zero-order chi connectivity index (χ0) is 19.2. The van der Waals surface area contributed by atoms with Crippen LogP contribution >= 0.6 is 12.2 Å². The molecule has 1 fully saturated rings. The average molecular weight is 378 g/mol. The second-order valence-corrected chi connectivity index (χ2v) is 6.26. The summed E-state index contributed by atoms with van der Waals surface area (Å²) in [7, 11) is 0. The Labute approximate surface area is 162 Å². The molecule has 136 valence electrons. The first-order chi connectivity index (χ1) is 13.1. The Kier molecular flexibility index (Phi) is 5.78. The number of thiocarbonyl (C=S) groups is 1. The first-order valence-electron chi connectivity index (χ1n) is 8.35. The molecule has 1 aliphatic heterocycles. The smallest absolute Gasteiger partial charge is 0.265 e. The SMILES string of the molecule is C=CCN1C(=O)C(=Cc2cccc(OCc3ccccc3)c2)C(=O)NC1=S. The highest BCUT2D eigenvalue weighted by molar-refractivity contribution is 7.80. The van der Waals surface area contributed by atoms with E-state index >= 15 is 0 Å². The van der Waals surface area contributed by atoms with E-state index in [2.05, 4.69) is 11.9 Å². The standard InChI is InChI=1S/C21H18N2O3S/c1-2-11-23-20(25)18(19(24)22-21(23)27)13-16-9-6-10-17(12-16)26-14-15-7-4-3-5-8-15/h2-10,12-13H,1,11,14H2,(H,22,24,27). The van der Waals surface area contributed by atoms with E-state index in [4.69, 9.17) is 17.0 Å². The molecule has 0 aliphatic carbocycles. The monoisotopic (exact) mass is 378 g/mol.